The molecule has 1 heterocycles. The van der Waals surface area contributed by atoms with Crippen molar-refractivity contribution < 1.29 is 21.3 Å². The summed E-state index contributed by atoms with van der Waals surface area (Å²) < 4.78 is 56.3. The van der Waals surface area contributed by atoms with E-state index in [1.807, 2.05) is 6.92 Å². The molecule has 0 aliphatic heterocycles. The van der Waals surface area contributed by atoms with E-state index < -0.39 is 20.0 Å². The summed E-state index contributed by atoms with van der Waals surface area (Å²) in [5.41, 5.74) is 0. The second-order valence-corrected chi connectivity index (χ2v) is 7.84. The molecule has 0 fully saturated rings. The molecule has 8 nitrogen and oxygen atoms in total. The molecule has 3 N–H and O–H groups in total. The quantitative estimate of drug-likeness (QED) is 0.534. The predicted octanol–water partition coefficient (Wildman–Crippen LogP) is -0.393. The molecule has 0 bridgehead atoms. The van der Waals surface area contributed by atoms with Gasteiger partial charge in [0.15, 0.2) is 0 Å². The number of sulfonamides is 2. The molecule has 0 amide bonds. The van der Waals surface area contributed by atoms with Gasteiger partial charge in [0.2, 0.25) is 15.1 Å². The van der Waals surface area contributed by atoms with Crippen LogP contribution in [0.2, 0.25) is 0 Å². The zero-order chi connectivity index (χ0) is 15.9. The first-order valence-corrected chi connectivity index (χ1v) is 9.70. The van der Waals surface area contributed by atoms with E-state index in [-0.39, 0.29) is 23.9 Å². The van der Waals surface area contributed by atoms with Crippen molar-refractivity contribution in [3.05, 3.63) is 17.9 Å². The highest BCUT2D eigenvalue weighted by Gasteiger charge is 2.19. The topological polar surface area (TPSA) is 118 Å². The zero-order valence-corrected chi connectivity index (χ0v) is 13.7. The first kappa shape index (κ1) is 18.1. The SMILES string of the molecule is CCNCc1ccc(S(=O)(=O)NCCS(=O)(=O)NCC)o1. The van der Waals surface area contributed by atoms with Crippen LogP contribution in [0, 0.1) is 0 Å². The van der Waals surface area contributed by atoms with Gasteiger partial charge in [-0.05, 0) is 18.7 Å². The predicted molar refractivity (Wildman–Crippen MR) is 78.7 cm³/mol. The molecule has 1 rings (SSSR count). The summed E-state index contributed by atoms with van der Waals surface area (Å²) in [6.45, 7) is 4.79. The van der Waals surface area contributed by atoms with Gasteiger partial charge < -0.3 is 9.73 Å². The Labute approximate surface area is 125 Å². The van der Waals surface area contributed by atoms with Gasteiger partial charge in [0.05, 0.1) is 12.3 Å². The van der Waals surface area contributed by atoms with Crippen LogP contribution in [0.25, 0.3) is 0 Å². The maximum Gasteiger partial charge on any atom is 0.273 e. The molecular formula is C11H21N3O5S2. The van der Waals surface area contributed by atoms with E-state index in [1.165, 1.54) is 6.07 Å². The van der Waals surface area contributed by atoms with Crippen molar-refractivity contribution in [3.8, 4) is 0 Å². The summed E-state index contributed by atoms with van der Waals surface area (Å²) in [4.78, 5) is 0. The van der Waals surface area contributed by atoms with Crippen LogP contribution < -0.4 is 14.8 Å². The van der Waals surface area contributed by atoms with Crippen LogP contribution in [0.4, 0.5) is 0 Å². The fourth-order valence-electron chi connectivity index (χ4n) is 1.52. The Morgan fingerprint density at radius 1 is 1.05 bits per heavy atom. The molecule has 10 heteroatoms. The molecule has 21 heavy (non-hydrogen) atoms. The fraction of sp³-hybridized carbons (Fsp3) is 0.636. The maximum atomic E-state index is 11.9. The Kier molecular flexibility index (Phi) is 6.81. The molecule has 0 spiro atoms. The first-order valence-electron chi connectivity index (χ1n) is 6.57. The largest absolute Gasteiger partial charge is 0.447 e. The second-order valence-electron chi connectivity index (χ2n) is 4.22. The second kappa shape index (κ2) is 7.90. The lowest BCUT2D eigenvalue weighted by Crippen LogP contribution is -2.34. The van der Waals surface area contributed by atoms with Crippen LogP contribution >= 0.6 is 0 Å². The molecule has 0 atom stereocenters. The molecule has 1 aromatic rings. The Balaban J connectivity index is 2.59. The van der Waals surface area contributed by atoms with Gasteiger partial charge in [0.25, 0.3) is 10.0 Å². The average molecular weight is 339 g/mol. The van der Waals surface area contributed by atoms with Crippen molar-refractivity contribution in [2.45, 2.75) is 25.5 Å². The Bertz CT molecular complexity index is 637. The van der Waals surface area contributed by atoms with Gasteiger partial charge >= 0.3 is 0 Å². The van der Waals surface area contributed by atoms with E-state index in [1.54, 1.807) is 13.0 Å². The number of nitrogens with one attached hydrogen (secondary N) is 3. The fourth-order valence-corrected chi connectivity index (χ4v) is 3.58. The molecule has 0 radical (unpaired) electrons. The highest BCUT2D eigenvalue weighted by Crippen LogP contribution is 2.13. The van der Waals surface area contributed by atoms with Gasteiger partial charge in [0.1, 0.15) is 5.76 Å². The minimum Gasteiger partial charge on any atom is -0.447 e. The van der Waals surface area contributed by atoms with Gasteiger partial charge in [-0.25, -0.2) is 26.3 Å². The van der Waals surface area contributed by atoms with Crippen LogP contribution in [0.5, 0.6) is 0 Å². The van der Waals surface area contributed by atoms with Crippen molar-refractivity contribution in [3.63, 3.8) is 0 Å². The van der Waals surface area contributed by atoms with Crippen LogP contribution in [0.15, 0.2) is 21.6 Å². The monoisotopic (exact) mass is 339 g/mol. The van der Waals surface area contributed by atoms with E-state index in [9.17, 15) is 16.8 Å². The summed E-state index contributed by atoms with van der Waals surface area (Å²) in [5.74, 6) is 0.169. The van der Waals surface area contributed by atoms with E-state index in [0.717, 1.165) is 6.54 Å². The number of hydrogen-bond donors (Lipinski definition) is 3. The lowest BCUT2D eigenvalue weighted by atomic mass is 10.4. The maximum absolute atomic E-state index is 11.9. The van der Waals surface area contributed by atoms with Gasteiger partial charge in [-0.2, -0.15) is 0 Å². The average Bonchev–Trinajstić information content (AvgIpc) is 2.85. The van der Waals surface area contributed by atoms with E-state index >= 15 is 0 Å². The van der Waals surface area contributed by atoms with Crippen molar-refractivity contribution >= 4 is 20.0 Å². The normalized spacial score (nSPS) is 12.7. The summed E-state index contributed by atoms with van der Waals surface area (Å²) in [6.07, 6.45) is 0. The molecule has 0 aliphatic rings. The molecule has 0 aliphatic carbocycles. The number of rotatable bonds is 10. The Morgan fingerprint density at radius 2 is 1.76 bits per heavy atom. The van der Waals surface area contributed by atoms with Crippen molar-refractivity contribution in [2.75, 3.05) is 25.4 Å². The van der Waals surface area contributed by atoms with Crippen molar-refractivity contribution in [2.24, 2.45) is 0 Å². The van der Waals surface area contributed by atoms with E-state index in [2.05, 4.69) is 14.8 Å². The lowest BCUT2D eigenvalue weighted by molar-refractivity contribution is 0.402. The third-order valence-electron chi connectivity index (χ3n) is 2.48. The summed E-state index contributed by atoms with van der Waals surface area (Å²) in [7, 11) is -7.30. The molecule has 0 unspecified atom stereocenters. The number of hydrogen-bond acceptors (Lipinski definition) is 6. The van der Waals surface area contributed by atoms with Gasteiger partial charge in [-0.3, -0.25) is 0 Å². The minimum atomic E-state index is -3.84. The summed E-state index contributed by atoms with van der Waals surface area (Å²) >= 11 is 0. The highest BCUT2D eigenvalue weighted by atomic mass is 32.2. The van der Waals surface area contributed by atoms with Gasteiger partial charge in [-0.1, -0.05) is 13.8 Å². The van der Waals surface area contributed by atoms with Crippen LogP contribution in [0.1, 0.15) is 19.6 Å². The van der Waals surface area contributed by atoms with Gasteiger partial charge in [0, 0.05) is 13.1 Å². The van der Waals surface area contributed by atoms with Crippen molar-refractivity contribution in [1.29, 1.82) is 0 Å². The molecule has 0 aromatic carbocycles. The lowest BCUT2D eigenvalue weighted by Gasteiger charge is -2.06. The highest BCUT2D eigenvalue weighted by molar-refractivity contribution is 7.90. The van der Waals surface area contributed by atoms with E-state index in [0.29, 0.717) is 12.3 Å². The zero-order valence-electron chi connectivity index (χ0n) is 12.0. The molecule has 0 saturated heterocycles. The van der Waals surface area contributed by atoms with Crippen LogP contribution in [0.3, 0.4) is 0 Å². The first-order chi connectivity index (χ1) is 9.80. The van der Waals surface area contributed by atoms with Crippen molar-refractivity contribution in [1.82, 2.24) is 14.8 Å². The third kappa shape index (κ3) is 6.14. The Morgan fingerprint density at radius 3 is 2.38 bits per heavy atom. The minimum absolute atomic E-state index is 0.221. The number of furan rings is 1. The molecule has 1 aromatic heterocycles. The van der Waals surface area contributed by atoms with E-state index in [4.69, 9.17) is 4.42 Å². The van der Waals surface area contributed by atoms with Crippen LogP contribution in [-0.2, 0) is 26.6 Å². The third-order valence-corrected chi connectivity index (χ3v) is 5.28. The molecule has 122 valence electrons. The standard InChI is InChI=1S/C11H21N3O5S2/c1-3-12-9-10-5-6-11(19-10)21(17,18)14-7-8-20(15,16)13-4-2/h5-6,12-14H,3-4,7-9H2,1-2H3. The smallest absolute Gasteiger partial charge is 0.273 e. The molecule has 0 saturated carbocycles. The van der Waals surface area contributed by atoms with Crippen LogP contribution in [-0.4, -0.2) is 42.2 Å². The summed E-state index contributed by atoms with van der Waals surface area (Å²) in [5, 5.41) is 2.78. The molecular weight excluding hydrogens is 318 g/mol. The van der Waals surface area contributed by atoms with Gasteiger partial charge in [-0.15, -0.1) is 0 Å². The summed E-state index contributed by atoms with van der Waals surface area (Å²) in [6, 6.07) is 2.90. The Hall–Kier alpha value is -0.940.